The molecule has 0 bridgehead atoms. The minimum absolute atomic E-state index is 0.266. The first-order valence-electron chi connectivity index (χ1n) is 7.45. The predicted molar refractivity (Wildman–Crippen MR) is 90.2 cm³/mol. The predicted octanol–water partition coefficient (Wildman–Crippen LogP) is 2.48. The zero-order valence-corrected chi connectivity index (χ0v) is 14.6. The van der Waals surface area contributed by atoms with E-state index in [1.54, 1.807) is 11.8 Å². The molecule has 21 heavy (non-hydrogen) atoms. The molecule has 1 N–H and O–H groups in total. The van der Waals surface area contributed by atoms with Crippen LogP contribution >= 0.6 is 11.8 Å². The summed E-state index contributed by atoms with van der Waals surface area (Å²) in [7, 11) is 4.07. The number of piperidine rings is 1. The molecule has 1 fully saturated rings. The van der Waals surface area contributed by atoms with Crippen molar-refractivity contribution in [2.75, 3.05) is 38.3 Å². The highest BCUT2D eigenvalue weighted by atomic mass is 32.2. The quantitative estimate of drug-likeness (QED) is 0.865. The van der Waals surface area contributed by atoms with Gasteiger partial charge in [0.1, 0.15) is 0 Å². The van der Waals surface area contributed by atoms with Crippen molar-refractivity contribution in [2.24, 2.45) is 0 Å². The van der Waals surface area contributed by atoms with Crippen molar-refractivity contribution in [3.63, 3.8) is 0 Å². The normalized spacial score (nSPS) is 23.7. The van der Waals surface area contributed by atoms with Crippen LogP contribution in [0.15, 0.2) is 23.4 Å². The number of pyridine rings is 1. The Morgan fingerprint density at radius 2 is 2.10 bits per heavy atom. The van der Waals surface area contributed by atoms with E-state index in [1.807, 2.05) is 32.6 Å². The average Bonchev–Trinajstić information content (AvgIpc) is 2.47. The summed E-state index contributed by atoms with van der Waals surface area (Å²) in [5.41, 5.74) is 0.117. The third-order valence-electron chi connectivity index (χ3n) is 5.02. The molecule has 0 aromatic carbocycles. The van der Waals surface area contributed by atoms with Crippen LogP contribution in [-0.4, -0.2) is 59.6 Å². The van der Waals surface area contributed by atoms with E-state index in [2.05, 4.69) is 34.7 Å². The van der Waals surface area contributed by atoms with Gasteiger partial charge in [0.2, 0.25) is 0 Å². The SMILES string of the molecule is CSc1ccc(N2CCC[C@](O)(C(C)(C)N(C)C)C2)cn1. The number of anilines is 1. The van der Waals surface area contributed by atoms with Gasteiger partial charge in [0.25, 0.3) is 0 Å². The van der Waals surface area contributed by atoms with E-state index in [1.165, 1.54) is 0 Å². The van der Waals surface area contributed by atoms with Gasteiger partial charge in [-0.2, -0.15) is 0 Å². The summed E-state index contributed by atoms with van der Waals surface area (Å²) in [6.07, 6.45) is 5.78. The maximum atomic E-state index is 11.2. The summed E-state index contributed by atoms with van der Waals surface area (Å²) in [5, 5.41) is 12.2. The second-order valence-corrected chi connectivity index (χ2v) is 7.40. The molecule has 5 heteroatoms. The van der Waals surface area contributed by atoms with Crippen LogP contribution in [0.1, 0.15) is 26.7 Å². The van der Waals surface area contributed by atoms with Crippen molar-refractivity contribution in [3.8, 4) is 0 Å². The van der Waals surface area contributed by atoms with E-state index in [4.69, 9.17) is 0 Å². The molecule has 1 aliphatic rings. The van der Waals surface area contributed by atoms with Crippen molar-refractivity contribution < 1.29 is 5.11 Å². The van der Waals surface area contributed by atoms with Crippen LogP contribution in [0.3, 0.4) is 0 Å². The lowest BCUT2D eigenvalue weighted by Gasteiger charge is -2.52. The monoisotopic (exact) mass is 309 g/mol. The fourth-order valence-corrected chi connectivity index (χ4v) is 3.21. The third kappa shape index (κ3) is 3.20. The van der Waals surface area contributed by atoms with Gasteiger partial charge in [-0.3, -0.25) is 0 Å². The largest absolute Gasteiger partial charge is 0.386 e. The molecule has 2 heterocycles. The molecule has 1 aromatic rings. The maximum Gasteiger partial charge on any atom is 0.0999 e. The van der Waals surface area contributed by atoms with Crippen LogP contribution in [0.4, 0.5) is 5.69 Å². The summed E-state index contributed by atoms with van der Waals surface area (Å²) in [4.78, 5) is 8.82. The van der Waals surface area contributed by atoms with E-state index in [0.717, 1.165) is 30.1 Å². The summed E-state index contributed by atoms with van der Waals surface area (Å²) in [6, 6.07) is 4.15. The molecular weight excluding hydrogens is 282 g/mol. The zero-order chi connectivity index (χ0) is 15.7. The molecule has 1 saturated heterocycles. The summed E-state index contributed by atoms with van der Waals surface area (Å²) in [6.45, 7) is 5.86. The zero-order valence-electron chi connectivity index (χ0n) is 13.8. The molecule has 0 amide bonds. The summed E-state index contributed by atoms with van der Waals surface area (Å²) in [5.74, 6) is 0. The number of β-amino-alcohol motifs (C(OH)–C–C–N with tert-alkyl or cyclic N) is 1. The molecule has 0 radical (unpaired) electrons. The number of rotatable bonds is 4. The highest BCUT2D eigenvalue weighted by Crippen LogP contribution is 2.36. The van der Waals surface area contributed by atoms with Crippen molar-refractivity contribution in [1.82, 2.24) is 9.88 Å². The Hall–Kier alpha value is -0.780. The lowest BCUT2D eigenvalue weighted by atomic mass is 9.76. The van der Waals surface area contributed by atoms with Gasteiger partial charge in [-0.25, -0.2) is 4.98 Å². The van der Waals surface area contributed by atoms with Crippen molar-refractivity contribution in [2.45, 2.75) is 42.9 Å². The Labute approximate surface area is 132 Å². The molecule has 0 unspecified atom stereocenters. The van der Waals surface area contributed by atoms with Crippen LogP contribution in [0.2, 0.25) is 0 Å². The Morgan fingerprint density at radius 3 is 2.62 bits per heavy atom. The van der Waals surface area contributed by atoms with E-state index in [-0.39, 0.29) is 5.54 Å². The Bertz CT molecular complexity index is 475. The minimum atomic E-state index is -0.715. The number of aliphatic hydroxyl groups is 1. The molecule has 0 saturated carbocycles. The smallest absolute Gasteiger partial charge is 0.0999 e. The molecule has 1 aromatic heterocycles. The first kappa shape index (κ1) is 16.6. The van der Waals surface area contributed by atoms with Gasteiger partial charge in [-0.05, 0) is 59.2 Å². The number of likely N-dealkylation sites (N-methyl/N-ethyl adjacent to an activating group) is 1. The minimum Gasteiger partial charge on any atom is -0.386 e. The van der Waals surface area contributed by atoms with E-state index >= 15 is 0 Å². The molecule has 118 valence electrons. The Kier molecular flexibility index (Phi) is 4.85. The third-order valence-corrected chi connectivity index (χ3v) is 5.68. The molecule has 1 aliphatic heterocycles. The van der Waals surface area contributed by atoms with Gasteiger partial charge in [-0.15, -0.1) is 11.8 Å². The van der Waals surface area contributed by atoms with Gasteiger partial charge in [0.05, 0.1) is 22.5 Å². The summed E-state index contributed by atoms with van der Waals surface area (Å²) < 4.78 is 0. The van der Waals surface area contributed by atoms with Gasteiger partial charge in [0.15, 0.2) is 0 Å². The standard InChI is InChI=1S/C16H27N3OS/c1-15(2,18(3)4)16(20)9-6-10-19(12-16)13-7-8-14(21-5)17-11-13/h7-8,11,20H,6,9-10,12H2,1-5H3/t16-/m1/s1. The lowest BCUT2D eigenvalue weighted by Crippen LogP contribution is -2.65. The van der Waals surface area contributed by atoms with E-state index in [9.17, 15) is 5.11 Å². The Balaban J connectivity index is 2.20. The molecule has 0 spiro atoms. The van der Waals surface area contributed by atoms with Crippen molar-refractivity contribution >= 4 is 17.4 Å². The van der Waals surface area contributed by atoms with Crippen LogP contribution in [0.5, 0.6) is 0 Å². The number of hydrogen-bond donors (Lipinski definition) is 1. The fourth-order valence-electron chi connectivity index (χ4n) is 2.85. The topological polar surface area (TPSA) is 39.6 Å². The van der Waals surface area contributed by atoms with Crippen LogP contribution in [0, 0.1) is 0 Å². The Morgan fingerprint density at radius 1 is 1.38 bits per heavy atom. The van der Waals surface area contributed by atoms with Gasteiger partial charge < -0.3 is 14.9 Å². The number of aromatic nitrogens is 1. The highest BCUT2D eigenvalue weighted by Gasteiger charge is 2.47. The first-order chi connectivity index (χ1) is 9.80. The molecule has 0 aliphatic carbocycles. The van der Waals surface area contributed by atoms with Crippen molar-refractivity contribution in [3.05, 3.63) is 18.3 Å². The number of thioether (sulfide) groups is 1. The maximum absolute atomic E-state index is 11.2. The van der Waals surface area contributed by atoms with Crippen LogP contribution in [-0.2, 0) is 0 Å². The van der Waals surface area contributed by atoms with Gasteiger partial charge in [-0.1, -0.05) is 0 Å². The van der Waals surface area contributed by atoms with Gasteiger partial charge in [0, 0.05) is 18.6 Å². The average molecular weight is 309 g/mol. The number of hydrogen-bond acceptors (Lipinski definition) is 5. The van der Waals surface area contributed by atoms with E-state index in [0.29, 0.717) is 6.54 Å². The molecular formula is C16H27N3OS. The van der Waals surface area contributed by atoms with Gasteiger partial charge >= 0.3 is 0 Å². The van der Waals surface area contributed by atoms with E-state index < -0.39 is 5.60 Å². The second kappa shape index (κ2) is 6.15. The van der Waals surface area contributed by atoms with Crippen LogP contribution < -0.4 is 4.90 Å². The van der Waals surface area contributed by atoms with Crippen LogP contribution in [0.25, 0.3) is 0 Å². The molecule has 1 atom stereocenters. The van der Waals surface area contributed by atoms with Crippen molar-refractivity contribution in [1.29, 1.82) is 0 Å². The second-order valence-electron chi connectivity index (χ2n) is 6.57. The molecule has 4 nitrogen and oxygen atoms in total. The molecule has 2 rings (SSSR count). The summed E-state index contributed by atoms with van der Waals surface area (Å²) >= 11 is 1.65. The number of nitrogens with zero attached hydrogens (tertiary/aromatic N) is 3. The first-order valence-corrected chi connectivity index (χ1v) is 8.67. The fraction of sp³-hybridized carbons (Fsp3) is 0.688. The highest BCUT2D eigenvalue weighted by molar-refractivity contribution is 7.98. The lowest BCUT2D eigenvalue weighted by molar-refractivity contribution is -0.0882.